The molecule has 3 aromatic rings. The number of aromatic nitrogens is 1. The van der Waals surface area contributed by atoms with E-state index in [9.17, 15) is 14.0 Å². The fraction of sp³-hybridized carbons (Fsp3) is 0.261. The number of halogens is 1. The molecule has 0 saturated carbocycles. The maximum atomic E-state index is 13.8. The lowest BCUT2D eigenvalue weighted by Crippen LogP contribution is -2.48. The van der Waals surface area contributed by atoms with Crippen LogP contribution in [0.1, 0.15) is 17.7 Å². The number of aryl methyl sites for hydroxylation is 1. The molecule has 0 unspecified atom stereocenters. The molecule has 0 radical (unpaired) electrons. The second kappa shape index (κ2) is 8.37. The van der Waals surface area contributed by atoms with Gasteiger partial charge in [0.15, 0.2) is 0 Å². The van der Waals surface area contributed by atoms with Gasteiger partial charge in [-0.05, 0) is 48.2 Å². The maximum absolute atomic E-state index is 13.8. The number of fused-ring (bicyclic) bond motifs is 1. The van der Waals surface area contributed by atoms with E-state index in [-0.39, 0.29) is 17.7 Å². The number of carbonyl (C=O) groups is 1. The minimum atomic E-state index is -0.545. The van der Waals surface area contributed by atoms with Gasteiger partial charge in [-0.1, -0.05) is 12.1 Å². The van der Waals surface area contributed by atoms with E-state index in [0.717, 1.165) is 18.8 Å². The molecule has 1 fully saturated rings. The average Bonchev–Trinajstić information content (AvgIpc) is 2.77. The first kappa shape index (κ1) is 19.6. The van der Waals surface area contributed by atoms with E-state index in [1.807, 2.05) is 17.0 Å². The molecule has 1 N–H and O–H groups in total. The number of nitriles is 1. The molecular formula is C23H21FN4O2. The van der Waals surface area contributed by atoms with Crippen LogP contribution in [0.4, 0.5) is 10.1 Å². The third-order valence-corrected chi connectivity index (χ3v) is 5.48. The van der Waals surface area contributed by atoms with Crippen molar-refractivity contribution in [2.75, 3.05) is 31.1 Å². The summed E-state index contributed by atoms with van der Waals surface area (Å²) < 4.78 is 13.8. The molecule has 7 heteroatoms. The second-order valence-corrected chi connectivity index (χ2v) is 7.35. The van der Waals surface area contributed by atoms with Crippen LogP contribution in [0.2, 0.25) is 0 Å². The summed E-state index contributed by atoms with van der Waals surface area (Å²) in [7, 11) is 0. The van der Waals surface area contributed by atoms with Crippen LogP contribution in [-0.2, 0) is 11.2 Å². The monoisotopic (exact) mass is 404 g/mol. The van der Waals surface area contributed by atoms with Crippen LogP contribution in [0.15, 0.2) is 53.3 Å². The molecule has 6 nitrogen and oxygen atoms in total. The molecule has 1 aliphatic heterocycles. The fourth-order valence-corrected chi connectivity index (χ4v) is 3.83. The summed E-state index contributed by atoms with van der Waals surface area (Å²) in [5.41, 5.74) is 1.83. The van der Waals surface area contributed by atoms with Crippen molar-refractivity contribution in [1.82, 2.24) is 9.88 Å². The Morgan fingerprint density at radius 2 is 1.83 bits per heavy atom. The SMILES string of the molecule is N#Cc1ccc(N2CCN(C(=O)CCc3cc4cccc(F)c4c(=O)[nH]3)CC2)cc1. The molecule has 0 bridgehead atoms. The van der Waals surface area contributed by atoms with Gasteiger partial charge in [-0.15, -0.1) is 0 Å². The van der Waals surface area contributed by atoms with Crippen LogP contribution >= 0.6 is 0 Å². The Morgan fingerprint density at radius 3 is 2.53 bits per heavy atom. The van der Waals surface area contributed by atoms with Gasteiger partial charge in [0.2, 0.25) is 5.91 Å². The number of hydrogen-bond donors (Lipinski definition) is 1. The number of carbonyl (C=O) groups excluding carboxylic acids is 1. The Morgan fingerprint density at radius 1 is 1.10 bits per heavy atom. The quantitative estimate of drug-likeness (QED) is 0.725. The number of amides is 1. The molecule has 0 spiro atoms. The zero-order valence-electron chi connectivity index (χ0n) is 16.4. The van der Waals surface area contributed by atoms with Crippen LogP contribution in [0.5, 0.6) is 0 Å². The maximum Gasteiger partial charge on any atom is 0.258 e. The van der Waals surface area contributed by atoms with Crippen molar-refractivity contribution in [3.05, 3.63) is 76.0 Å². The van der Waals surface area contributed by atoms with Crippen molar-refractivity contribution in [2.45, 2.75) is 12.8 Å². The van der Waals surface area contributed by atoms with Crippen molar-refractivity contribution < 1.29 is 9.18 Å². The first-order valence-electron chi connectivity index (χ1n) is 9.88. The van der Waals surface area contributed by atoms with Crippen molar-refractivity contribution in [3.8, 4) is 6.07 Å². The zero-order valence-corrected chi connectivity index (χ0v) is 16.4. The third kappa shape index (κ3) is 4.03. The summed E-state index contributed by atoms with van der Waals surface area (Å²) in [6.45, 7) is 2.70. The lowest BCUT2D eigenvalue weighted by Gasteiger charge is -2.36. The van der Waals surface area contributed by atoms with Crippen molar-refractivity contribution in [1.29, 1.82) is 5.26 Å². The molecule has 1 aliphatic rings. The van der Waals surface area contributed by atoms with Gasteiger partial charge in [0.25, 0.3) is 5.56 Å². The molecule has 0 atom stereocenters. The average molecular weight is 404 g/mol. The van der Waals surface area contributed by atoms with Crippen LogP contribution < -0.4 is 10.5 Å². The Balaban J connectivity index is 1.34. The highest BCUT2D eigenvalue weighted by Gasteiger charge is 2.21. The van der Waals surface area contributed by atoms with E-state index in [1.54, 1.807) is 30.3 Å². The Hall–Kier alpha value is -3.66. The number of pyridine rings is 1. The number of hydrogen-bond acceptors (Lipinski definition) is 4. The minimum Gasteiger partial charge on any atom is -0.368 e. The van der Waals surface area contributed by atoms with E-state index in [0.29, 0.717) is 36.2 Å². The topological polar surface area (TPSA) is 80.2 Å². The van der Waals surface area contributed by atoms with Gasteiger partial charge < -0.3 is 14.8 Å². The lowest BCUT2D eigenvalue weighted by atomic mass is 10.1. The highest BCUT2D eigenvalue weighted by atomic mass is 19.1. The number of nitrogens with zero attached hydrogens (tertiary/aromatic N) is 3. The summed E-state index contributed by atoms with van der Waals surface area (Å²) in [5.74, 6) is -0.508. The number of nitrogens with one attached hydrogen (secondary N) is 1. The van der Waals surface area contributed by atoms with E-state index < -0.39 is 11.4 Å². The summed E-state index contributed by atoms with van der Waals surface area (Å²) >= 11 is 0. The van der Waals surface area contributed by atoms with Crippen LogP contribution in [0.3, 0.4) is 0 Å². The highest BCUT2D eigenvalue weighted by Crippen LogP contribution is 2.18. The van der Waals surface area contributed by atoms with Gasteiger partial charge in [0, 0.05) is 44.0 Å². The van der Waals surface area contributed by atoms with Gasteiger partial charge in [-0.25, -0.2) is 4.39 Å². The van der Waals surface area contributed by atoms with Gasteiger partial charge in [0.05, 0.1) is 17.0 Å². The number of H-pyrrole nitrogens is 1. The van der Waals surface area contributed by atoms with Crippen molar-refractivity contribution in [3.63, 3.8) is 0 Å². The molecule has 2 heterocycles. The number of anilines is 1. The minimum absolute atomic E-state index is 0.0367. The Bertz CT molecular complexity index is 1170. The molecule has 30 heavy (non-hydrogen) atoms. The van der Waals surface area contributed by atoms with Gasteiger partial charge in [-0.3, -0.25) is 9.59 Å². The number of piperazine rings is 1. The standard InChI is InChI=1S/C23H21FN4O2/c24-20-3-1-2-17-14-18(26-23(30)22(17)20)6-9-21(29)28-12-10-27(11-13-28)19-7-4-16(15-25)5-8-19/h1-5,7-8,14H,6,9-13H2,(H,26,30). The molecule has 152 valence electrons. The number of aromatic amines is 1. The van der Waals surface area contributed by atoms with Crippen molar-refractivity contribution >= 4 is 22.4 Å². The molecule has 1 aromatic heterocycles. The molecule has 4 rings (SSSR count). The largest absolute Gasteiger partial charge is 0.368 e. The van der Waals surface area contributed by atoms with E-state index in [1.165, 1.54) is 6.07 Å². The van der Waals surface area contributed by atoms with Crippen LogP contribution in [-0.4, -0.2) is 42.0 Å². The summed E-state index contributed by atoms with van der Waals surface area (Å²) in [5, 5.41) is 9.49. The van der Waals surface area contributed by atoms with Crippen molar-refractivity contribution in [2.24, 2.45) is 0 Å². The fourth-order valence-electron chi connectivity index (χ4n) is 3.83. The number of benzene rings is 2. The zero-order chi connectivity index (χ0) is 21.1. The van der Waals surface area contributed by atoms with E-state index >= 15 is 0 Å². The summed E-state index contributed by atoms with van der Waals surface area (Å²) in [4.78, 5) is 31.5. The molecule has 1 saturated heterocycles. The van der Waals surface area contributed by atoms with Gasteiger partial charge in [0.1, 0.15) is 5.82 Å². The van der Waals surface area contributed by atoms with E-state index in [4.69, 9.17) is 5.26 Å². The normalized spacial score (nSPS) is 14.0. The Labute approximate surface area is 173 Å². The lowest BCUT2D eigenvalue weighted by molar-refractivity contribution is -0.131. The van der Waals surface area contributed by atoms with Crippen LogP contribution in [0, 0.1) is 17.1 Å². The van der Waals surface area contributed by atoms with Crippen LogP contribution in [0.25, 0.3) is 10.8 Å². The molecule has 0 aliphatic carbocycles. The predicted octanol–water partition coefficient (Wildman–Crippen LogP) is 2.82. The Kier molecular flexibility index (Phi) is 5.48. The molecular weight excluding hydrogens is 383 g/mol. The van der Waals surface area contributed by atoms with E-state index in [2.05, 4.69) is 16.0 Å². The summed E-state index contributed by atoms with van der Waals surface area (Å²) in [6, 6.07) is 15.8. The van der Waals surface area contributed by atoms with Gasteiger partial charge in [-0.2, -0.15) is 5.26 Å². The first-order chi connectivity index (χ1) is 14.5. The predicted molar refractivity (Wildman–Crippen MR) is 113 cm³/mol. The van der Waals surface area contributed by atoms with Gasteiger partial charge >= 0.3 is 0 Å². The smallest absolute Gasteiger partial charge is 0.258 e. The molecule has 2 aromatic carbocycles. The first-order valence-corrected chi connectivity index (χ1v) is 9.88. The number of rotatable bonds is 4. The molecule has 1 amide bonds. The summed E-state index contributed by atoms with van der Waals surface area (Å²) in [6.07, 6.45) is 0.685. The highest BCUT2D eigenvalue weighted by molar-refractivity contribution is 5.82. The third-order valence-electron chi connectivity index (χ3n) is 5.48. The second-order valence-electron chi connectivity index (χ2n) is 7.35.